The topological polar surface area (TPSA) is 29.4 Å². The standard InChI is InChI=1S/C2H4ClNO.ClH/c1-2(3)4-5;/h2H,1H3;1H. The number of halogens is 2. The Labute approximate surface area is 47.3 Å². The zero-order chi connectivity index (χ0) is 4.28. The van der Waals surface area contributed by atoms with E-state index in [1.54, 1.807) is 0 Å². The maximum atomic E-state index is 9.12. The van der Waals surface area contributed by atoms with Gasteiger partial charge in [-0.3, -0.25) is 0 Å². The van der Waals surface area contributed by atoms with E-state index in [2.05, 4.69) is 5.18 Å². The monoisotopic (exact) mass is 129 g/mol. The van der Waals surface area contributed by atoms with Gasteiger partial charge >= 0.3 is 0 Å². The summed E-state index contributed by atoms with van der Waals surface area (Å²) in [5.74, 6) is 0. The van der Waals surface area contributed by atoms with Crippen LogP contribution in [0.4, 0.5) is 0 Å². The average Bonchev–Trinajstić information content (AvgIpc) is 1.38. The largest absolute Gasteiger partial charge is 0.162 e. The molecule has 0 heterocycles. The Balaban J connectivity index is 0. The van der Waals surface area contributed by atoms with E-state index >= 15 is 0 Å². The molecule has 6 heavy (non-hydrogen) atoms. The van der Waals surface area contributed by atoms with E-state index in [1.165, 1.54) is 6.92 Å². The van der Waals surface area contributed by atoms with Gasteiger partial charge in [0.05, 0.1) is 0 Å². The van der Waals surface area contributed by atoms with Crippen LogP contribution in [0.2, 0.25) is 0 Å². The number of nitroso groups, excluding NO2 is 1. The van der Waals surface area contributed by atoms with Crippen LogP contribution in [0.25, 0.3) is 0 Å². The van der Waals surface area contributed by atoms with Crippen molar-refractivity contribution in [3.63, 3.8) is 0 Å². The molecule has 4 heteroatoms. The van der Waals surface area contributed by atoms with E-state index in [0.717, 1.165) is 0 Å². The molecule has 0 aliphatic heterocycles. The van der Waals surface area contributed by atoms with Crippen molar-refractivity contribution in [1.82, 2.24) is 0 Å². The molecule has 0 N–H and O–H groups in total. The lowest BCUT2D eigenvalue weighted by Crippen LogP contribution is -1.75. The first-order valence-corrected chi connectivity index (χ1v) is 1.67. The summed E-state index contributed by atoms with van der Waals surface area (Å²) in [6.45, 7) is 1.51. The molecule has 1 unspecified atom stereocenters. The number of hydrogen-bond acceptors (Lipinski definition) is 2. The van der Waals surface area contributed by atoms with Gasteiger partial charge in [-0.2, -0.15) is 0 Å². The average molecular weight is 130 g/mol. The maximum Gasteiger partial charge on any atom is 0.162 e. The first kappa shape index (κ1) is 9.49. The third kappa shape index (κ3) is 8.89. The van der Waals surface area contributed by atoms with Gasteiger partial charge in [-0.1, -0.05) is 16.8 Å². The summed E-state index contributed by atoms with van der Waals surface area (Å²) in [7, 11) is 0. The van der Waals surface area contributed by atoms with E-state index in [1.807, 2.05) is 0 Å². The summed E-state index contributed by atoms with van der Waals surface area (Å²) < 4.78 is 0. The van der Waals surface area contributed by atoms with Crippen LogP contribution in [0, 0.1) is 4.91 Å². The zero-order valence-corrected chi connectivity index (χ0v) is 4.79. The number of hydrogen-bond donors (Lipinski definition) is 0. The first-order chi connectivity index (χ1) is 2.27. The first-order valence-electron chi connectivity index (χ1n) is 1.24. The Hall–Kier alpha value is 0.180. The molecule has 0 aromatic carbocycles. The van der Waals surface area contributed by atoms with Crippen molar-refractivity contribution in [1.29, 1.82) is 0 Å². The SMILES string of the molecule is CC(Cl)N=O.Cl. The Kier molecular flexibility index (Phi) is 8.19. The van der Waals surface area contributed by atoms with Gasteiger partial charge in [-0.25, -0.2) is 0 Å². The van der Waals surface area contributed by atoms with Gasteiger partial charge in [0.25, 0.3) is 0 Å². The number of nitrogens with zero attached hydrogens (tertiary/aromatic N) is 1. The molecular formula is C2H5Cl2NO. The minimum Gasteiger partial charge on any atom is -0.149 e. The van der Waals surface area contributed by atoms with Crippen molar-refractivity contribution in [2.24, 2.45) is 5.18 Å². The Bertz CT molecular complexity index is 38.5. The molecule has 0 amide bonds. The molecular weight excluding hydrogens is 125 g/mol. The van der Waals surface area contributed by atoms with Crippen molar-refractivity contribution < 1.29 is 0 Å². The third-order valence-electron chi connectivity index (χ3n) is 0.145. The fourth-order valence-corrected chi connectivity index (χ4v) is 0. The molecule has 0 aliphatic rings. The van der Waals surface area contributed by atoms with E-state index in [0.29, 0.717) is 0 Å². The zero-order valence-electron chi connectivity index (χ0n) is 3.22. The van der Waals surface area contributed by atoms with Crippen molar-refractivity contribution in [2.45, 2.75) is 12.4 Å². The summed E-state index contributed by atoms with van der Waals surface area (Å²) >= 11 is 4.98. The van der Waals surface area contributed by atoms with Crippen LogP contribution >= 0.6 is 24.0 Å². The van der Waals surface area contributed by atoms with Crippen LogP contribution in [0.15, 0.2) is 5.18 Å². The molecule has 0 radical (unpaired) electrons. The van der Waals surface area contributed by atoms with E-state index in [-0.39, 0.29) is 12.4 Å². The molecule has 0 saturated heterocycles. The molecule has 2 nitrogen and oxygen atoms in total. The van der Waals surface area contributed by atoms with Crippen LogP contribution in [-0.4, -0.2) is 5.50 Å². The molecule has 0 saturated carbocycles. The molecule has 38 valence electrons. The van der Waals surface area contributed by atoms with Crippen LogP contribution in [0.1, 0.15) is 6.92 Å². The van der Waals surface area contributed by atoms with Crippen molar-refractivity contribution in [3.05, 3.63) is 4.91 Å². The molecule has 0 bridgehead atoms. The van der Waals surface area contributed by atoms with Gasteiger partial charge < -0.3 is 0 Å². The molecule has 0 aromatic heterocycles. The normalized spacial score (nSPS) is 11.7. The van der Waals surface area contributed by atoms with E-state index in [4.69, 9.17) is 16.5 Å². The maximum absolute atomic E-state index is 9.12. The second-order valence-electron chi connectivity index (χ2n) is 0.679. The number of rotatable bonds is 1. The van der Waals surface area contributed by atoms with Crippen LogP contribution in [-0.2, 0) is 0 Å². The fraction of sp³-hybridized carbons (Fsp3) is 1.00. The summed E-state index contributed by atoms with van der Waals surface area (Å²) in [6.07, 6.45) is 0. The van der Waals surface area contributed by atoms with Gasteiger partial charge in [0.1, 0.15) is 0 Å². The van der Waals surface area contributed by atoms with E-state index in [9.17, 15) is 0 Å². The lowest BCUT2D eigenvalue weighted by molar-refractivity contribution is 1.02. The summed E-state index contributed by atoms with van der Waals surface area (Å²) in [5, 5.41) is 2.40. The molecule has 1 atom stereocenters. The molecule has 0 aliphatic carbocycles. The molecule has 0 rings (SSSR count). The van der Waals surface area contributed by atoms with Crippen molar-refractivity contribution >= 4 is 24.0 Å². The van der Waals surface area contributed by atoms with Gasteiger partial charge in [0.2, 0.25) is 0 Å². The fourth-order valence-electron chi connectivity index (χ4n) is 0. The quantitative estimate of drug-likeness (QED) is 0.302. The lowest BCUT2D eigenvalue weighted by Gasteiger charge is -1.75. The van der Waals surface area contributed by atoms with Gasteiger partial charge in [0, 0.05) is 0 Å². The predicted octanol–water partition coefficient (Wildman–Crippen LogP) is 1.76. The molecule has 0 spiro atoms. The van der Waals surface area contributed by atoms with Crippen molar-refractivity contribution in [2.75, 3.05) is 0 Å². The summed E-state index contributed by atoms with van der Waals surface area (Å²) in [4.78, 5) is 9.12. The molecule has 0 aromatic rings. The van der Waals surface area contributed by atoms with Crippen molar-refractivity contribution in [3.8, 4) is 0 Å². The highest BCUT2D eigenvalue weighted by atomic mass is 35.5. The smallest absolute Gasteiger partial charge is 0.149 e. The van der Waals surface area contributed by atoms with Gasteiger partial charge in [0.15, 0.2) is 5.50 Å². The van der Waals surface area contributed by atoms with Gasteiger partial charge in [-0.15, -0.1) is 17.3 Å². The highest BCUT2D eigenvalue weighted by molar-refractivity contribution is 6.20. The van der Waals surface area contributed by atoms with Crippen LogP contribution < -0.4 is 0 Å². The minimum atomic E-state index is -0.574. The summed E-state index contributed by atoms with van der Waals surface area (Å²) in [5.41, 5.74) is -0.574. The second kappa shape index (κ2) is 5.18. The highest BCUT2D eigenvalue weighted by Gasteiger charge is 1.83. The van der Waals surface area contributed by atoms with Gasteiger partial charge in [-0.05, 0) is 6.92 Å². The van der Waals surface area contributed by atoms with E-state index < -0.39 is 5.50 Å². The Morgan fingerprint density at radius 2 is 2.00 bits per heavy atom. The summed E-state index contributed by atoms with van der Waals surface area (Å²) in [6, 6.07) is 0. The Morgan fingerprint density at radius 1 is 1.83 bits per heavy atom. The highest BCUT2D eigenvalue weighted by Crippen LogP contribution is 1.89. The second-order valence-corrected chi connectivity index (χ2v) is 1.31. The van der Waals surface area contributed by atoms with Crippen LogP contribution in [0.5, 0.6) is 0 Å². The molecule has 0 fully saturated rings. The number of alkyl halides is 1. The lowest BCUT2D eigenvalue weighted by atomic mass is 10.8. The minimum absolute atomic E-state index is 0. The third-order valence-corrected chi connectivity index (χ3v) is 0.225. The Morgan fingerprint density at radius 3 is 2.00 bits per heavy atom. The predicted molar refractivity (Wildman–Crippen MR) is 28.4 cm³/mol. The van der Waals surface area contributed by atoms with Crippen LogP contribution in [0.3, 0.4) is 0 Å².